The van der Waals surface area contributed by atoms with E-state index in [1.54, 1.807) is 18.7 Å². The number of anilines is 1. The van der Waals surface area contributed by atoms with Gasteiger partial charge in [-0.1, -0.05) is 12.1 Å². The summed E-state index contributed by atoms with van der Waals surface area (Å²) < 4.78 is 29.0. The number of aryl methyl sites for hydroxylation is 2. The molecule has 0 bridgehead atoms. The number of nitrogens with zero attached hydrogens (tertiary/aromatic N) is 4. The number of carboxylic acids is 1. The number of amides is 2. The fourth-order valence-corrected chi connectivity index (χ4v) is 4.38. The number of aliphatic hydroxyl groups is 1. The Balaban J connectivity index is 0.000000663. The fourth-order valence-electron chi connectivity index (χ4n) is 4.38. The third kappa shape index (κ3) is 9.26. The summed E-state index contributed by atoms with van der Waals surface area (Å²) in [5.41, 5.74) is 7.53. The van der Waals surface area contributed by atoms with Crippen molar-refractivity contribution in [3.63, 3.8) is 0 Å². The van der Waals surface area contributed by atoms with E-state index in [-0.39, 0.29) is 24.9 Å². The SMILES string of the molecule is CC(C)(N)CO.O=C(O)CC(c1ccc(OC(F)F)nc1)N1CCN(CCCc2ccc3c(n2)NCCC3)C1=O. The average molecular weight is 565 g/mol. The second-order valence-corrected chi connectivity index (χ2v) is 10.5. The first-order valence-corrected chi connectivity index (χ1v) is 13.3. The van der Waals surface area contributed by atoms with Crippen molar-refractivity contribution < 1.29 is 33.3 Å². The van der Waals surface area contributed by atoms with Gasteiger partial charge in [-0.15, -0.1) is 0 Å². The van der Waals surface area contributed by atoms with Crippen LogP contribution in [0.25, 0.3) is 0 Å². The van der Waals surface area contributed by atoms with Crippen LogP contribution >= 0.6 is 0 Å². The second kappa shape index (κ2) is 14.2. The lowest BCUT2D eigenvalue weighted by Crippen LogP contribution is -2.36. The smallest absolute Gasteiger partial charge is 0.388 e. The number of carboxylic acid groups (broad SMARTS) is 1. The van der Waals surface area contributed by atoms with Crippen LogP contribution in [0.5, 0.6) is 5.88 Å². The Kier molecular flexibility index (Phi) is 11.0. The van der Waals surface area contributed by atoms with Crippen LogP contribution < -0.4 is 15.8 Å². The van der Waals surface area contributed by atoms with Crippen molar-refractivity contribution in [3.8, 4) is 5.88 Å². The minimum atomic E-state index is -3.00. The van der Waals surface area contributed by atoms with Crippen molar-refractivity contribution in [3.05, 3.63) is 47.3 Å². The number of carbonyl (C=O) groups is 2. The van der Waals surface area contributed by atoms with Crippen molar-refractivity contribution >= 4 is 17.8 Å². The Hall–Kier alpha value is -3.58. The number of aliphatic hydroxyl groups excluding tert-OH is 1. The number of hydrogen-bond donors (Lipinski definition) is 4. The van der Waals surface area contributed by atoms with Gasteiger partial charge >= 0.3 is 18.6 Å². The highest BCUT2D eigenvalue weighted by molar-refractivity contribution is 5.78. The van der Waals surface area contributed by atoms with Gasteiger partial charge in [-0.25, -0.2) is 14.8 Å². The number of halogens is 2. The molecule has 0 spiro atoms. The molecule has 2 aliphatic heterocycles. The van der Waals surface area contributed by atoms with E-state index < -0.39 is 24.2 Å². The van der Waals surface area contributed by atoms with Gasteiger partial charge in [0, 0.05) is 49.7 Å². The molecular formula is C27H38F2N6O5. The van der Waals surface area contributed by atoms with E-state index in [0.717, 1.165) is 43.7 Å². The lowest BCUT2D eigenvalue weighted by molar-refractivity contribution is -0.138. The lowest BCUT2D eigenvalue weighted by Gasteiger charge is -2.27. The van der Waals surface area contributed by atoms with Crippen LogP contribution in [0, 0.1) is 0 Å². The molecule has 0 saturated carbocycles. The molecule has 0 aliphatic carbocycles. The first kappa shape index (κ1) is 31.0. The third-order valence-electron chi connectivity index (χ3n) is 6.45. The Morgan fingerprint density at radius 2 is 2.00 bits per heavy atom. The number of alkyl halides is 2. The topological polar surface area (TPSA) is 154 Å². The molecule has 2 aromatic heterocycles. The molecule has 1 atom stereocenters. The number of rotatable bonds is 11. The van der Waals surface area contributed by atoms with Gasteiger partial charge in [-0.3, -0.25) is 4.79 Å². The number of nitrogens with one attached hydrogen (secondary N) is 1. The zero-order valence-corrected chi connectivity index (χ0v) is 22.9. The van der Waals surface area contributed by atoms with Gasteiger partial charge in [0.05, 0.1) is 19.1 Å². The molecule has 0 radical (unpaired) electrons. The van der Waals surface area contributed by atoms with E-state index in [0.29, 0.717) is 25.2 Å². The summed E-state index contributed by atoms with van der Waals surface area (Å²) in [6.07, 6.45) is 4.55. The molecule has 2 amide bonds. The molecule has 220 valence electrons. The molecular weight excluding hydrogens is 526 g/mol. The van der Waals surface area contributed by atoms with Gasteiger partial charge in [-0.05, 0) is 56.7 Å². The predicted octanol–water partition coefficient (Wildman–Crippen LogP) is 3.04. The van der Waals surface area contributed by atoms with Gasteiger partial charge in [0.15, 0.2) is 0 Å². The molecule has 1 unspecified atom stereocenters. The van der Waals surface area contributed by atoms with Gasteiger partial charge < -0.3 is 35.8 Å². The maximum absolute atomic E-state index is 13.0. The van der Waals surface area contributed by atoms with Crippen molar-refractivity contribution in [2.75, 3.05) is 38.1 Å². The zero-order chi connectivity index (χ0) is 29.3. The number of aliphatic carboxylic acids is 1. The van der Waals surface area contributed by atoms with Crippen LogP contribution in [-0.2, 0) is 17.6 Å². The van der Waals surface area contributed by atoms with Crippen LogP contribution in [0.2, 0.25) is 0 Å². The number of ether oxygens (including phenoxy) is 1. The van der Waals surface area contributed by atoms with E-state index in [9.17, 15) is 23.5 Å². The number of urea groups is 1. The Morgan fingerprint density at radius 1 is 1.25 bits per heavy atom. The quantitative estimate of drug-likeness (QED) is 0.322. The maximum Gasteiger partial charge on any atom is 0.388 e. The van der Waals surface area contributed by atoms with E-state index in [1.807, 2.05) is 6.07 Å². The number of hydrogen-bond acceptors (Lipinski definition) is 8. The molecule has 2 aliphatic rings. The summed E-state index contributed by atoms with van der Waals surface area (Å²) in [7, 11) is 0. The minimum Gasteiger partial charge on any atom is -0.481 e. The molecule has 2 aromatic rings. The monoisotopic (exact) mass is 564 g/mol. The number of pyridine rings is 2. The van der Waals surface area contributed by atoms with Gasteiger partial charge in [0.2, 0.25) is 5.88 Å². The summed E-state index contributed by atoms with van der Waals surface area (Å²) in [5, 5.41) is 21.0. The molecule has 11 nitrogen and oxygen atoms in total. The minimum absolute atomic E-state index is 0.0486. The van der Waals surface area contributed by atoms with E-state index in [1.165, 1.54) is 28.8 Å². The van der Waals surface area contributed by atoms with Crippen LogP contribution in [0.3, 0.4) is 0 Å². The van der Waals surface area contributed by atoms with Gasteiger partial charge in [0.1, 0.15) is 5.82 Å². The third-order valence-corrected chi connectivity index (χ3v) is 6.45. The highest BCUT2D eigenvalue weighted by Gasteiger charge is 2.35. The van der Waals surface area contributed by atoms with Crippen LogP contribution in [0.15, 0.2) is 30.5 Å². The molecule has 40 heavy (non-hydrogen) atoms. The number of carbonyl (C=O) groups excluding carboxylic acids is 1. The molecule has 5 N–H and O–H groups in total. The van der Waals surface area contributed by atoms with Crippen molar-refractivity contribution in [1.29, 1.82) is 0 Å². The largest absolute Gasteiger partial charge is 0.481 e. The standard InChI is InChI=1S/C23H27F2N5O4.C4H11NO/c24-22(25)34-19-8-6-16(14-27-19)18(13-20(31)32)30-12-11-29(23(30)33)10-2-4-17-7-5-15-3-1-9-26-21(15)28-17;1-4(2,5)3-6/h5-8,14,18,22H,1-4,9-13H2,(H,26,28)(H,31,32);6H,3,5H2,1-2H3. The first-order chi connectivity index (χ1) is 19.0. The highest BCUT2D eigenvalue weighted by atomic mass is 19.3. The normalized spacial score (nSPS) is 15.7. The van der Waals surface area contributed by atoms with Crippen molar-refractivity contribution in [2.45, 2.75) is 64.1 Å². The van der Waals surface area contributed by atoms with Crippen molar-refractivity contribution in [2.24, 2.45) is 5.73 Å². The summed E-state index contributed by atoms with van der Waals surface area (Å²) in [4.78, 5) is 36.2. The number of fused-ring (bicyclic) bond motifs is 1. The van der Waals surface area contributed by atoms with E-state index >= 15 is 0 Å². The predicted molar refractivity (Wildman–Crippen MR) is 144 cm³/mol. The highest BCUT2D eigenvalue weighted by Crippen LogP contribution is 2.29. The van der Waals surface area contributed by atoms with Crippen LogP contribution in [0.4, 0.5) is 19.4 Å². The van der Waals surface area contributed by atoms with Gasteiger partial charge in [0.25, 0.3) is 0 Å². The molecule has 0 aromatic carbocycles. The Bertz CT molecular complexity index is 1130. The maximum atomic E-state index is 13.0. The zero-order valence-electron chi connectivity index (χ0n) is 22.9. The lowest BCUT2D eigenvalue weighted by atomic mass is 10.0. The summed E-state index contributed by atoms with van der Waals surface area (Å²) >= 11 is 0. The molecule has 1 saturated heterocycles. The Morgan fingerprint density at radius 3 is 2.62 bits per heavy atom. The number of nitrogens with two attached hydrogens (primary N) is 1. The van der Waals surface area contributed by atoms with Crippen LogP contribution in [0.1, 0.15) is 56.0 Å². The van der Waals surface area contributed by atoms with E-state index in [2.05, 4.69) is 26.1 Å². The molecule has 4 heterocycles. The summed E-state index contributed by atoms with van der Waals surface area (Å²) in [6.45, 7) is 2.89. The fraction of sp³-hybridized carbons (Fsp3) is 0.556. The first-order valence-electron chi connectivity index (χ1n) is 13.3. The summed E-state index contributed by atoms with van der Waals surface area (Å²) in [5.74, 6) is -0.397. The average Bonchev–Trinajstić information content (AvgIpc) is 3.27. The Labute approximate surface area is 232 Å². The summed E-state index contributed by atoms with van der Waals surface area (Å²) in [6, 6.07) is 5.84. The van der Waals surface area contributed by atoms with Gasteiger partial charge in [-0.2, -0.15) is 8.78 Å². The second-order valence-electron chi connectivity index (χ2n) is 10.5. The van der Waals surface area contributed by atoms with Crippen LogP contribution in [-0.4, -0.2) is 86.9 Å². The van der Waals surface area contributed by atoms with Crippen molar-refractivity contribution in [1.82, 2.24) is 19.8 Å². The van der Waals surface area contributed by atoms with E-state index in [4.69, 9.17) is 10.8 Å². The molecule has 4 rings (SSSR count). The molecule has 13 heteroatoms. The number of aromatic nitrogens is 2. The molecule has 1 fully saturated rings.